The number of aryl methyl sites for hydroxylation is 1. The second-order valence-electron chi connectivity index (χ2n) is 6.02. The van der Waals surface area contributed by atoms with Crippen molar-refractivity contribution in [2.75, 3.05) is 0 Å². The number of para-hydroxylation sites is 1. The minimum atomic E-state index is 0.0810. The molecule has 0 aliphatic carbocycles. The van der Waals surface area contributed by atoms with E-state index >= 15 is 0 Å². The lowest BCUT2D eigenvalue weighted by atomic mass is 10.0. The molecule has 2 N–H and O–H groups in total. The van der Waals surface area contributed by atoms with E-state index in [9.17, 15) is 4.79 Å². The van der Waals surface area contributed by atoms with Crippen molar-refractivity contribution in [1.29, 1.82) is 0 Å². The van der Waals surface area contributed by atoms with Crippen molar-refractivity contribution in [3.63, 3.8) is 0 Å². The number of hydrogen-bond acceptors (Lipinski definition) is 2. The van der Waals surface area contributed by atoms with E-state index in [2.05, 4.69) is 22.5 Å². The Bertz CT molecular complexity index is 933. The molecule has 0 bridgehead atoms. The van der Waals surface area contributed by atoms with Crippen LogP contribution in [0.15, 0.2) is 55.0 Å². The number of ketones is 1. The highest BCUT2D eigenvalue weighted by atomic mass is 32.1. The van der Waals surface area contributed by atoms with E-state index in [1.165, 1.54) is 0 Å². The third-order valence-electron chi connectivity index (χ3n) is 4.31. The number of nitrogens with two attached hydrogens (primary N) is 1. The quantitative estimate of drug-likeness (QED) is 0.249. The van der Waals surface area contributed by atoms with Gasteiger partial charge in [-0.05, 0) is 22.7 Å². The summed E-state index contributed by atoms with van der Waals surface area (Å²) in [5.41, 5.74) is 2.94. The first-order valence-corrected chi connectivity index (χ1v) is 9.27. The van der Waals surface area contributed by atoms with Gasteiger partial charge in [0.2, 0.25) is 0 Å². The molecule has 25 heavy (non-hydrogen) atoms. The molecule has 4 nitrogen and oxygen atoms in total. The molecule has 0 saturated carbocycles. The van der Waals surface area contributed by atoms with Crippen LogP contribution in [0.3, 0.4) is 0 Å². The molecule has 0 radical (unpaired) electrons. The summed E-state index contributed by atoms with van der Waals surface area (Å²) in [6.45, 7) is 3.06. The number of carbonyl (C=O) groups excluding carboxylic acids is 1. The molecule has 1 aromatic carbocycles. The van der Waals surface area contributed by atoms with Crippen LogP contribution in [0.1, 0.15) is 29.3 Å². The topological polar surface area (TPSA) is 50.5 Å². The van der Waals surface area contributed by atoms with Gasteiger partial charge < -0.3 is 15.1 Å². The molecule has 4 rings (SSSR count). The zero-order valence-corrected chi connectivity index (χ0v) is 14.8. The predicted molar refractivity (Wildman–Crippen MR) is 99.5 cm³/mol. The van der Waals surface area contributed by atoms with Gasteiger partial charge in [0.25, 0.3) is 5.37 Å². The number of carbonyl (C=O) groups is 1. The van der Waals surface area contributed by atoms with Gasteiger partial charge in [-0.1, -0.05) is 25.3 Å². The van der Waals surface area contributed by atoms with Crippen molar-refractivity contribution in [1.82, 2.24) is 4.98 Å². The Morgan fingerprint density at radius 2 is 2.24 bits per heavy atom. The molecule has 0 spiro atoms. The summed E-state index contributed by atoms with van der Waals surface area (Å²) >= 11 is 1.58. The number of fused-ring (bicyclic) bond motifs is 1. The molecule has 1 aliphatic rings. The molecule has 126 valence electrons. The van der Waals surface area contributed by atoms with Gasteiger partial charge >= 0.3 is 0 Å². The Morgan fingerprint density at radius 3 is 3.04 bits per heavy atom. The van der Waals surface area contributed by atoms with Crippen LogP contribution < -0.4 is 9.88 Å². The second kappa shape index (κ2) is 6.70. The van der Waals surface area contributed by atoms with Crippen molar-refractivity contribution in [2.24, 2.45) is 0 Å². The van der Waals surface area contributed by atoms with E-state index in [-0.39, 0.29) is 5.78 Å². The summed E-state index contributed by atoms with van der Waals surface area (Å²) in [6.07, 6.45) is 6.62. The number of Topliss-reactive ketones (excluding diaryl/α,β-unsaturated/α-hetero) is 1. The Labute approximate surface area is 150 Å². The van der Waals surface area contributed by atoms with E-state index in [0.717, 1.165) is 46.4 Å². The van der Waals surface area contributed by atoms with E-state index in [1.807, 2.05) is 53.4 Å². The third kappa shape index (κ3) is 2.92. The highest BCUT2D eigenvalue weighted by Gasteiger charge is 2.33. The fraction of sp³-hybridized carbons (Fsp3) is 0.150. The molecule has 0 amide bonds. The van der Waals surface area contributed by atoms with Gasteiger partial charge in [-0.15, -0.1) is 24.3 Å². The molecule has 5 heteroatoms. The molecule has 2 aromatic heterocycles. The van der Waals surface area contributed by atoms with Crippen LogP contribution in [0, 0.1) is 11.4 Å². The summed E-state index contributed by atoms with van der Waals surface area (Å²) in [5, 5.41) is 6.00. The van der Waals surface area contributed by atoms with E-state index < -0.39 is 0 Å². The molecular formula is C20H19N3OS. The average Bonchev–Trinajstić information content (AvgIpc) is 3.28. The molecular weight excluding hydrogens is 330 g/mol. The van der Waals surface area contributed by atoms with E-state index in [1.54, 1.807) is 17.5 Å². The summed E-state index contributed by atoms with van der Waals surface area (Å²) in [7, 11) is 0. The molecule has 0 unspecified atom stereocenters. The highest BCUT2D eigenvalue weighted by Crippen LogP contribution is 2.20. The molecule has 1 aliphatic heterocycles. The van der Waals surface area contributed by atoms with Gasteiger partial charge in [0.15, 0.2) is 16.7 Å². The number of rotatable bonds is 5. The number of benzene rings is 1. The smallest absolute Gasteiger partial charge is 0.277 e. The van der Waals surface area contributed by atoms with Gasteiger partial charge in [-0.3, -0.25) is 4.57 Å². The molecule has 0 saturated heterocycles. The maximum atomic E-state index is 13.1. The first-order valence-electron chi connectivity index (χ1n) is 8.39. The Balaban J connectivity index is 1.62. The lowest BCUT2D eigenvalue weighted by Crippen LogP contribution is -2.86. The van der Waals surface area contributed by atoms with Crippen molar-refractivity contribution in [3.05, 3.63) is 77.5 Å². The number of pyridine rings is 1. The Morgan fingerprint density at radius 1 is 1.32 bits per heavy atom. The summed E-state index contributed by atoms with van der Waals surface area (Å²) < 4.78 is 2.18. The zero-order chi connectivity index (χ0) is 17.2. The van der Waals surface area contributed by atoms with Gasteiger partial charge in [0.05, 0.1) is 12.2 Å². The van der Waals surface area contributed by atoms with Gasteiger partial charge in [-0.25, -0.2) is 0 Å². The largest absolute Gasteiger partial charge is 0.345 e. The summed E-state index contributed by atoms with van der Waals surface area (Å²) in [5.74, 6) is 0.0810. The monoisotopic (exact) mass is 349 g/mol. The SMILES string of the molecule is CCC[n+]1cc(C(=O)[C-]2C=[S+][C-](c3cccnc3)[NH2+]2)c2cccc[c-]21. The van der Waals surface area contributed by atoms with Crippen LogP contribution in [-0.2, 0) is 17.9 Å². The Kier molecular flexibility index (Phi) is 4.26. The summed E-state index contributed by atoms with van der Waals surface area (Å²) in [4.78, 5) is 17.3. The first-order chi connectivity index (χ1) is 12.3. The van der Waals surface area contributed by atoms with Crippen LogP contribution in [0.25, 0.3) is 10.9 Å². The van der Waals surface area contributed by atoms with Crippen LogP contribution >= 0.6 is 0 Å². The van der Waals surface area contributed by atoms with Gasteiger partial charge in [-0.2, -0.15) is 0 Å². The highest BCUT2D eigenvalue weighted by molar-refractivity contribution is 7.81. The molecule has 0 fully saturated rings. The minimum absolute atomic E-state index is 0.0810. The van der Waals surface area contributed by atoms with Crippen LogP contribution in [0.2, 0.25) is 0 Å². The van der Waals surface area contributed by atoms with Crippen LogP contribution in [0.4, 0.5) is 0 Å². The molecule has 3 heterocycles. The fourth-order valence-electron chi connectivity index (χ4n) is 3.12. The first kappa shape index (κ1) is 15.9. The standard InChI is InChI=1S/C20H19N3OS/c1-2-10-23-12-16(15-7-3-4-8-18(15)23)19(24)17-13-25-20(22-17)14-6-5-9-21-11-14/h3-9,11-13H,2,10,22H2,1H3. The fourth-order valence-corrected chi connectivity index (χ4v) is 4.01. The average molecular weight is 349 g/mol. The minimum Gasteiger partial charge on any atom is -0.345 e. The number of hydrogen-bond donors (Lipinski definition) is 1. The Hall–Kier alpha value is -2.63. The maximum absolute atomic E-state index is 13.1. The van der Waals surface area contributed by atoms with Crippen molar-refractivity contribution >= 4 is 33.4 Å². The normalized spacial score (nSPS) is 13.8. The lowest BCUT2D eigenvalue weighted by molar-refractivity contribution is -0.669. The zero-order valence-electron chi connectivity index (χ0n) is 14.0. The third-order valence-corrected chi connectivity index (χ3v) is 5.28. The van der Waals surface area contributed by atoms with Crippen molar-refractivity contribution < 1.29 is 14.7 Å². The van der Waals surface area contributed by atoms with Crippen LogP contribution in [-0.4, -0.2) is 16.1 Å². The molecule has 0 atom stereocenters. The number of quaternary nitrogens is 1. The van der Waals surface area contributed by atoms with E-state index in [0.29, 0.717) is 0 Å². The summed E-state index contributed by atoms with van der Waals surface area (Å²) in [6, 6.07) is 12.8. The number of nitrogens with zero attached hydrogens (tertiary/aromatic N) is 2. The lowest BCUT2D eigenvalue weighted by Gasteiger charge is -2.12. The second-order valence-corrected chi connectivity index (χ2v) is 6.94. The van der Waals surface area contributed by atoms with Crippen LogP contribution in [0.5, 0.6) is 0 Å². The van der Waals surface area contributed by atoms with Crippen molar-refractivity contribution in [3.8, 4) is 0 Å². The van der Waals surface area contributed by atoms with Crippen molar-refractivity contribution in [2.45, 2.75) is 19.9 Å². The van der Waals surface area contributed by atoms with Gasteiger partial charge in [0, 0.05) is 6.42 Å². The van der Waals surface area contributed by atoms with E-state index in [4.69, 9.17) is 0 Å². The molecule has 3 aromatic rings. The predicted octanol–water partition coefficient (Wildman–Crippen LogP) is 1.37. The number of aromatic nitrogens is 2. The maximum Gasteiger partial charge on any atom is 0.277 e. The van der Waals surface area contributed by atoms with Gasteiger partial charge in [0.1, 0.15) is 17.8 Å².